The maximum atomic E-state index is 11.5. The van der Waals surface area contributed by atoms with E-state index in [0.717, 1.165) is 5.82 Å². The molecule has 0 aliphatic heterocycles. The van der Waals surface area contributed by atoms with Gasteiger partial charge in [-0.3, -0.25) is 0 Å². The number of aryl methyl sites for hydroxylation is 1. The van der Waals surface area contributed by atoms with E-state index in [0.29, 0.717) is 18.8 Å². The van der Waals surface area contributed by atoms with E-state index in [-0.39, 0.29) is 5.69 Å². The maximum Gasteiger partial charge on any atom is 0.360 e. The fourth-order valence-electron chi connectivity index (χ4n) is 1.77. The minimum absolute atomic E-state index is 0.200. The van der Waals surface area contributed by atoms with Gasteiger partial charge in [0.2, 0.25) is 0 Å². The molecule has 0 saturated carbocycles. The van der Waals surface area contributed by atoms with Gasteiger partial charge in [-0.2, -0.15) is 0 Å². The van der Waals surface area contributed by atoms with Crippen LogP contribution in [0.1, 0.15) is 28.1 Å². The van der Waals surface area contributed by atoms with Gasteiger partial charge >= 0.3 is 5.97 Å². The van der Waals surface area contributed by atoms with E-state index in [1.165, 1.54) is 12.0 Å². The normalized spacial score (nSPS) is 10.6. The highest BCUT2D eigenvalue weighted by atomic mass is 32.1. The van der Waals surface area contributed by atoms with Gasteiger partial charge < -0.3 is 15.0 Å². The lowest BCUT2D eigenvalue weighted by Crippen LogP contribution is -2.09. The van der Waals surface area contributed by atoms with Crippen LogP contribution in [0.2, 0.25) is 0 Å². The Bertz CT molecular complexity index is 546. The van der Waals surface area contributed by atoms with E-state index in [2.05, 4.69) is 9.72 Å². The molecule has 6 heteroatoms. The van der Waals surface area contributed by atoms with E-state index in [1.807, 2.05) is 29.0 Å². The Balaban J connectivity index is 2.39. The number of hydrogen-bond acceptors (Lipinski definition) is 5. The van der Waals surface area contributed by atoms with Crippen LogP contribution in [0.5, 0.6) is 0 Å². The minimum atomic E-state index is -0.493. The summed E-state index contributed by atoms with van der Waals surface area (Å²) in [6, 6.07) is 4.02. The molecule has 0 fully saturated rings. The van der Waals surface area contributed by atoms with Crippen LogP contribution in [-0.4, -0.2) is 22.6 Å². The van der Waals surface area contributed by atoms with Gasteiger partial charge in [0.15, 0.2) is 5.69 Å². The van der Waals surface area contributed by atoms with E-state index >= 15 is 0 Å². The number of carbonyl (C=O) groups is 1. The number of ether oxygens (including phenoxy) is 1. The Kier molecular flexibility index (Phi) is 3.66. The first-order valence-electron chi connectivity index (χ1n) is 5.63. The molecule has 2 heterocycles. The van der Waals surface area contributed by atoms with Crippen molar-refractivity contribution in [3.63, 3.8) is 0 Å². The first-order valence-corrected chi connectivity index (χ1v) is 6.50. The number of nitrogens with zero attached hydrogens (tertiary/aromatic N) is 2. The molecule has 0 radical (unpaired) electrons. The number of anilines is 1. The molecule has 2 rings (SSSR count). The molecule has 2 aromatic heterocycles. The standard InChI is InChI=1S/C12H15N3O2S/c1-3-9-14-10(12(16)17-2)11(13)15(9)7-8-5-4-6-18-8/h4-6H,3,7,13H2,1-2H3. The van der Waals surface area contributed by atoms with Crippen molar-refractivity contribution >= 4 is 23.1 Å². The number of rotatable bonds is 4. The van der Waals surface area contributed by atoms with Crippen molar-refractivity contribution in [2.45, 2.75) is 19.9 Å². The maximum absolute atomic E-state index is 11.5. The molecule has 2 aromatic rings. The predicted octanol–water partition coefficient (Wildman–Crippen LogP) is 1.92. The molecule has 0 atom stereocenters. The second-order valence-electron chi connectivity index (χ2n) is 3.77. The van der Waals surface area contributed by atoms with Crippen molar-refractivity contribution < 1.29 is 9.53 Å². The second-order valence-corrected chi connectivity index (χ2v) is 4.80. The van der Waals surface area contributed by atoms with E-state index in [9.17, 15) is 4.79 Å². The molecule has 2 N–H and O–H groups in total. The number of methoxy groups -OCH3 is 1. The lowest BCUT2D eigenvalue weighted by molar-refractivity contribution is 0.0595. The monoisotopic (exact) mass is 265 g/mol. The summed E-state index contributed by atoms with van der Waals surface area (Å²) in [5.74, 6) is 0.667. The van der Waals surface area contributed by atoms with Gasteiger partial charge in [0, 0.05) is 11.3 Å². The van der Waals surface area contributed by atoms with Crippen LogP contribution < -0.4 is 5.73 Å². The average molecular weight is 265 g/mol. The van der Waals surface area contributed by atoms with Gasteiger partial charge in [-0.15, -0.1) is 11.3 Å². The molecule has 96 valence electrons. The van der Waals surface area contributed by atoms with Gasteiger partial charge in [0.25, 0.3) is 0 Å². The van der Waals surface area contributed by atoms with E-state index < -0.39 is 5.97 Å². The van der Waals surface area contributed by atoms with Crippen LogP contribution in [0.3, 0.4) is 0 Å². The molecule has 5 nitrogen and oxygen atoms in total. The van der Waals surface area contributed by atoms with Gasteiger partial charge in [0.1, 0.15) is 11.6 Å². The van der Waals surface area contributed by atoms with Crippen molar-refractivity contribution in [1.29, 1.82) is 0 Å². The molecule has 0 aliphatic carbocycles. The fourth-order valence-corrected chi connectivity index (χ4v) is 2.46. The largest absolute Gasteiger partial charge is 0.464 e. The van der Waals surface area contributed by atoms with Crippen molar-refractivity contribution in [3.05, 3.63) is 33.9 Å². The Labute approximate surface area is 109 Å². The lowest BCUT2D eigenvalue weighted by Gasteiger charge is -2.06. The summed E-state index contributed by atoms with van der Waals surface area (Å²) in [5, 5.41) is 2.01. The zero-order chi connectivity index (χ0) is 13.1. The number of hydrogen-bond donors (Lipinski definition) is 1. The second kappa shape index (κ2) is 5.22. The molecule has 0 amide bonds. The summed E-state index contributed by atoms with van der Waals surface area (Å²) in [6.07, 6.45) is 0.715. The summed E-state index contributed by atoms with van der Waals surface area (Å²) >= 11 is 1.65. The highest BCUT2D eigenvalue weighted by Gasteiger charge is 2.20. The highest BCUT2D eigenvalue weighted by molar-refractivity contribution is 7.09. The topological polar surface area (TPSA) is 70.1 Å². The first-order chi connectivity index (χ1) is 8.67. The van der Waals surface area contributed by atoms with Crippen molar-refractivity contribution in [2.24, 2.45) is 0 Å². The quantitative estimate of drug-likeness (QED) is 0.857. The number of esters is 1. The van der Waals surface area contributed by atoms with Gasteiger partial charge in [-0.25, -0.2) is 9.78 Å². The molecule has 0 aromatic carbocycles. The summed E-state index contributed by atoms with van der Waals surface area (Å²) in [7, 11) is 1.33. The van der Waals surface area contributed by atoms with Crippen LogP contribution in [0.25, 0.3) is 0 Å². The number of imidazole rings is 1. The third kappa shape index (κ3) is 2.24. The third-order valence-electron chi connectivity index (χ3n) is 2.67. The highest BCUT2D eigenvalue weighted by Crippen LogP contribution is 2.20. The SMILES string of the molecule is CCc1nc(C(=O)OC)c(N)n1Cc1cccs1. The number of aromatic nitrogens is 2. The Morgan fingerprint density at radius 1 is 1.61 bits per heavy atom. The molecule has 0 bridgehead atoms. The van der Waals surface area contributed by atoms with Crippen LogP contribution in [-0.2, 0) is 17.7 Å². The zero-order valence-electron chi connectivity index (χ0n) is 10.3. The number of nitrogen functional groups attached to an aromatic ring is 1. The minimum Gasteiger partial charge on any atom is -0.464 e. The average Bonchev–Trinajstić information content (AvgIpc) is 2.99. The summed E-state index contributed by atoms with van der Waals surface area (Å²) < 4.78 is 6.53. The fraction of sp³-hybridized carbons (Fsp3) is 0.333. The van der Waals surface area contributed by atoms with Crippen LogP contribution in [0.4, 0.5) is 5.82 Å². The number of carbonyl (C=O) groups excluding carboxylic acids is 1. The summed E-state index contributed by atoms with van der Waals surface area (Å²) in [5.41, 5.74) is 6.18. The van der Waals surface area contributed by atoms with Crippen molar-refractivity contribution in [2.75, 3.05) is 12.8 Å². The van der Waals surface area contributed by atoms with Crippen LogP contribution in [0, 0.1) is 0 Å². The van der Waals surface area contributed by atoms with Crippen LogP contribution >= 0.6 is 11.3 Å². The van der Waals surface area contributed by atoms with E-state index in [4.69, 9.17) is 5.73 Å². The van der Waals surface area contributed by atoms with Gasteiger partial charge in [-0.05, 0) is 11.4 Å². The lowest BCUT2D eigenvalue weighted by atomic mass is 10.4. The van der Waals surface area contributed by atoms with Crippen LogP contribution in [0.15, 0.2) is 17.5 Å². The Hall–Kier alpha value is -1.82. The van der Waals surface area contributed by atoms with E-state index in [1.54, 1.807) is 11.3 Å². The third-order valence-corrected chi connectivity index (χ3v) is 3.54. The van der Waals surface area contributed by atoms with Crippen molar-refractivity contribution in [3.8, 4) is 0 Å². The Morgan fingerprint density at radius 3 is 2.94 bits per heavy atom. The number of nitrogens with two attached hydrogens (primary N) is 1. The molecular formula is C12H15N3O2S. The van der Waals surface area contributed by atoms with Gasteiger partial charge in [0.05, 0.1) is 13.7 Å². The van der Waals surface area contributed by atoms with Gasteiger partial charge in [-0.1, -0.05) is 13.0 Å². The molecule has 0 saturated heterocycles. The molecule has 18 heavy (non-hydrogen) atoms. The molecular weight excluding hydrogens is 250 g/mol. The van der Waals surface area contributed by atoms with Crippen molar-refractivity contribution in [1.82, 2.24) is 9.55 Å². The predicted molar refractivity (Wildman–Crippen MR) is 70.8 cm³/mol. The first kappa shape index (κ1) is 12.6. The smallest absolute Gasteiger partial charge is 0.360 e. The molecule has 0 spiro atoms. The Morgan fingerprint density at radius 2 is 2.39 bits per heavy atom. The summed E-state index contributed by atoms with van der Waals surface area (Å²) in [4.78, 5) is 17.0. The molecule has 0 aliphatic rings. The summed E-state index contributed by atoms with van der Waals surface area (Å²) in [6.45, 7) is 2.62. The molecule has 0 unspecified atom stereocenters. The number of thiophene rings is 1. The zero-order valence-corrected chi connectivity index (χ0v) is 11.2.